The van der Waals surface area contributed by atoms with Crippen molar-refractivity contribution in [2.45, 2.75) is 13.2 Å². The van der Waals surface area contributed by atoms with Crippen LogP contribution in [0.4, 0.5) is 4.39 Å². The molecule has 1 aromatic heterocycles. The molecule has 2 N–H and O–H groups in total. The molecule has 1 heterocycles. The van der Waals surface area contributed by atoms with Gasteiger partial charge in [0.05, 0.1) is 13.7 Å². The molecule has 0 aliphatic carbocycles. The van der Waals surface area contributed by atoms with Gasteiger partial charge < -0.3 is 15.2 Å². The van der Waals surface area contributed by atoms with Gasteiger partial charge >= 0.3 is 0 Å². The second kappa shape index (κ2) is 7.75. The summed E-state index contributed by atoms with van der Waals surface area (Å²) in [6.45, 7) is -0.246. The van der Waals surface area contributed by atoms with Crippen LogP contribution < -0.4 is 10.1 Å². The number of methoxy groups -OCH3 is 1. The molecule has 0 saturated heterocycles. The Kier molecular flexibility index (Phi) is 5.23. The van der Waals surface area contributed by atoms with Crippen molar-refractivity contribution in [3.8, 4) is 11.4 Å². The van der Waals surface area contributed by atoms with Crippen molar-refractivity contribution in [3.63, 3.8) is 0 Å². The van der Waals surface area contributed by atoms with E-state index in [1.54, 1.807) is 25.3 Å². The lowest BCUT2D eigenvalue weighted by molar-refractivity contribution is 0.0942. The summed E-state index contributed by atoms with van der Waals surface area (Å²) in [6.07, 6.45) is 0. The lowest BCUT2D eigenvalue weighted by Gasteiger charge is -2.06. The second-order valence-electron chi connectivity index (χ2n) is 5.43. The predicted octanol–water partition coefficient (Wildman–Crippen LogP) is 1.84. The second-order valence-corrected chi connectivity index (χ2v) is 5.43. The summed E-state index contributed by atoms with van der Waals surface area (Å²) in [6, 6.07) is 13.2. The van der Waals surface area contributed by atoms with Gasteiger partial charge in [-0.1, -0.05) is 24.3 Å². The summed E-state index contributed by atoms with van der Waals surface area (Å²) in [7, 11) is 1.56. The number of para-hydroxylation sites is 1. The Morgan fingerprint density at radius 3 is 2.77 bits per heavy atom. The van der Waals surface area contributed by atoms with E-state index in [0.717, 1.165) is 10.4 Å². The number of hydrogen-bond donors (Lipinski definition) is 2. The van der Waals surface area contributed by atoms with Crippen LogP contribution >= 0.6 is 0 Å². The number of aromatic nitrogens is 3. The normalized spacial score (nSPS) is 10.6. The molecule has 0 aliphatic heterocycles. The van der Waals surface area contributed by atoms with Gasteiger partial charge in [0.1, 0.15) is 17.1 Å². The summed E-state index contributed by atoms with van der Waals surface area (Å²) in [5.74, 6) is -0.368. The number of ether oxygens (including phenoxy) is 1. The summed E-state index contributed by atoms with van der Waals surface area (Å²) in [5, 5.41) is 20.2. The zero-order chi connectivity index (χ0) is 18.5. The number of hydrogen-bond acceptors (Lipinski definition) is 5. The Balaban J connectivity index is 1.79. The van der Waals surface area contributed by atoms with Crippen LogP contribution in [-0.2, 0) is 13.2 Å². The fraction of sp³-hybridized carbons (Fsp3) is 0.167. The molecule has 0 radical (unpaired) electrons. The lowest BCUT2D eigenvalue weighted by atomic mass is 10.2. The number of amides is 1. The highest BCUT2D eigenvalue weighted by molar-refractivity contribution is 5.93. The molecule has 3 rings (SSSR count). The number of benzene rings is 2. The fourth-order valence-electron chi connectivity index (χ4n) is 2.39. The van der Waals surface area contributed by atoms with Gasteiger partial charge in [0.25, 0.3) is 5.91 Å². The molecule has 0 bridgehead atoms. The van der Waals surface area contributed by atoms with E-state index < -0.39 is 18.3 Å². The van der Waals surface area contributed by atoms with E-state index in [2.05, 4.69) is 15.5 Å². The van der Waals surface area contributed by atoms with Gasteiger partial charge in [-0.15, -0.1) is 15.0 Å². The van der Waals surface area contributed by atoms with Crippen molar-refractivity contribution in [3.05, 3.63) is 71.3 Å². The highest BCUT2D eigenvalue weighted by Crippen LogP contribution is 2.14. The largest absolute Gasteiger partial charge is 0.497 e. The van der Waals surface area contributed by atoms with Crippen LogP contribution in [0.1, 0.15) is 21.7 Å². The Morgan fingerprint density at radius 1 is 1.23 bits per heavy atom. The quantitative estimate of drug-likeness (QED) is 0.703. The minimum absolute atomic E-state index is 0.0568. The third kappa shape index (κ3) is 3.70. The average Bonchev–Trinajstić information content (AvgIpc) is 3.11. The molecular weight excluding hydrogens is 339 g/mol. The van der Waals surface area contributed by atoms with Crippen LogP contribution in [0.3, 0.4) is 0 Å². The molecule has 26 heavy (non-hydrogen) atoms. The minimum atomic E-state index is -0.532. The molecule has 7 nitrogen and oxygen atoms in total. The number of nitrogens with one attached hydrogen (secondary N) is 1. The zero-order valence-electron chi connectivity index (χ0n) is 14.0. The monoisotopic (exact) mass is 356 g/mol. The van der Waals surface area contributed by atoms with E-state index in [0.29, 0.717) is 5.75 Å². The van der Waals surface area contributed by atoms with Gasteiger partial charge in [-0.3, -0.25) is 4.79 Å². The molecule has 0 aliphatic rings. The predicted molar refractivity (Wildman–Crippen MR) is 91.4 cm³/mol. The maximum Gasteiger partial charge on any atom is 0.274 e. The number of nitrogens with zero attached hydrogens (tertiary/aromatic N) is 3. The van der Waals surface area contributed by atoms with E-state index in [4.69, 9.17) is 4.74 Å². The topological polar surface area (TPSA) is 89.3 Å². The Bertz CT molecular complexity index is 926. The Morgan fingerprint density at radius 2 is 2.04 bits per heavy atom. The van der Waals surface area contributed by atoms with Crippen LogP contribution in [0, 0.1) is 5.82 Å². The molecule has 1 amide bonds. The summed E-state index contributed by atoms with van der Waals surface area (Å²) < 4.78 is 19.0. The van der Waals surface area contributed by atoms with E-state index in [1.165, 1.54) is 18.2 Å². The van der Waals surface area contributed by atoms with Gasteiger partial charge in [0.2, 0.25) is 0 Å². The van der Waals surface area contributed by atoms with Crippen LogP contribution in [0.5, 0.6) is 5.75 Å². The number of aliphatic hydroxyl groups excluding tert-OH is 1. The minimum Gasteiger partial charge on any atom is -0.497 e. The summed E-state index contributed by atoms with van der Waals surface area (Å²) in [5.41, 5.74) is 0.939. The first-order valence-electron chi connectivity index (χ1n) is 7.85. The summed E-state index contributed by atoms with van der Waals surface area (Å²) >= 11 is 0. The SMILES string of the molecule is COc1cccc(CNC(=O)c2nn(-c3ccccc3F)nc2CO)c1. The molecule has 8 heteroatoms. The number of aliphatic hydroxyl groups is 1. The molecule has 3 aromatic rings. The molecule has 0 atom stereocenters. The first kappa shape index (κ1) is 17.6. The Labute approximate surface area is 149 Å². The van der Waals surface area contributed by atoms with Crippen LogP contribution in [-0.4, -0.2) is 33.1 Å². The number of rotatable bonds is 6. The molecule has 134 valence electrons. The highest BCUT2D eigenvalue weighted by atomic mass is 19.1. The smallest absolute Gasteiger partial charge is 0.274 e. The van der Waals surface area contributed by atoms with E-state index in [9.17, 15) is 14.3 Å². The third-order valence-corrected chi connectivity index (χ3v) is 3.70. The number of carbonyl (C=O) groups excluding carboxylic acids is 1. The van der Waals surface area contributed by atoms with E-state index >= 15 is 0 Å². The van der Waals surface area contributed by atoms with Crippen molar-refractivity contribution in [1.29, 1.82) is 0 Å². The van der Waals surface area contributed by atoms with Crippen LogP contribution in [0.15, 0.2) is 48.5 Å². The van der Waals surface area contributed by atoms with E-state index in [1.807, 2.05) is 12.1 Å². The third-order valence-electron chi connectivity index (χ3n) is 3.70. The average molecular weight is 356 g/mol. The van der Waals surface area contributed by atoms with Gasteiger partial charge in [-0.25, -0.2) is 4.39 Å². The highest BCUT2D eigenvalue weighted by Gasteiger charge is 2.19. The van der Waals surface area contributed by atoms with Gasteiger partial charge in [-0.2, -0.15) is 0 Å². The molecule has 0 spiro atoms. The van der Waals surface area contributed by atoms with Crippen molar-refractivity contribution < 1.29 is 19.0 Å². The van der Waals surface area contributed by atoms with Crippen LogP contribution in [0.2, 0.25) is 0 Å². The zero-order valence-corrected chi connectivity index (χ0v) is 14.0. The number of halogens is 1. The molecule has 0 fully saturated rings. The maximum atomic E-state index is 13.9. The first-order chi connectivity index (χ1) is 12.6. The van der Waals surface area contributed by atoms with Crippen LogP contribution in [0.25, 0.3) is 5.69 Å². The van der Waals surface area contributed by atoms with Crippen molar-refractivity contribution in [2.75, 3.05) is 7.11 Å². The van der Waals surface area contributed by atoms with Crippen molar-refractivity contribution in [2.24, 2.45) is 0 Å². The lowest BCUT2D eigenvalue weighted by Crippen LogP contribution is -2.24. The first-order valence-corrected chi connectivity index (χ1v) is 7.85. The fourth-order valence-corrected chi connectivity index (χ4v) is 2.39. The molecular formula is C18H17FN4O3. The summed E-state index contributed by atoms with van der Waals surface area (Å²) in [4.78, 5) is 13.4. The maximum absolute atomic E-state index is 13.9. The molecule has 2 aromatic carbocycles. The molecule has 0 unspecified atom stereocenters. The van der Waals surface area contributed by atoms with Gasteiger partial charge in [-0.05, 0) is 29.8 Å². The van der Waals surface area contributed by atoms with E-state index in [-0.39, 0.29) is 23.6 Å². The number of carbonyl (C=O) groups is 1. The standard InChI is InChI=1S/C18H17FN4O3/c1-26-13-6-4-5-12(9-13)10-20-18(25)17-15(11-24)21-23(22-17)16-8-3-2-7-14(16)19/h2-9,24H,10-11H2,1H3,(H,20,25). The van der Waals surface area contributed by atoms with Crippen molar-refractivity contribution >= 4 is 5.91 Å². The van der Waals surface area contributed by atoms with Gasteiger partial charge in [0.15, 0.2) is 11.5 Å². The van der Waals surface area contributed by atoms with Crippen molar-refractivity contribution in [1.82, 2.24) is 20.3 Å². The Hall–Kier alpha value is -3.26. The molecule has 0 saturated carbocycles. The van der Waals surface area contributed by atoms with Gasteiger partial charge in [0, 0.05) is 6.54 Å².